The molecule has 1 aromatic heterocycles. The highest BCUT2D eigenvalue weighted by atomic mass is 32.1. The van der Waals surface area contributed by atoms with Crippen molar-refractivity contribution in [3.05, 3.63) is 16.6 Å². The second-order valence-corrected chi connectivity index (χ2v) is 5.28. The molecule has 15 heavy (non-hydrogen) atoms. The minimum Gasteiger partial charge on any atom is -0.250 e. The van der Waals surface area contributed by atoms with Crippen LogP contribution in [0.25, 0.3) is 0 Å². The van der Waals surface area contributed by atoms with Gasteiger partial charge in [-0.15, -0.1) is 11.3 Å². The highest BCUT2D eigenvalue weighted by Gasteiger charge is 2.39. The SMILES string of the molecule is CCC1CCC(C#N)(Cc2cscn2)C1. The Bertz CT molecular complexity index is 352. The molecule has 1 saturated carbocycles. The Morgan fingerprint density at radius 1 is 1.73 bits per heavy atom. The van der Waals surface area contributed by atoms with Crippen LogP contribution in [0.2, 0.25) is 0 Å². The van der Waals surface area contributed by atoms with Gasteiger partial charge in [-0.3, -0.25) is 0 Å². The zero-order chi connectivity index (χ0) is 10.7. The van der Waals surface area contributed by atoms with E-state index in [4.69, 9.17) is 0 Å². The van der Waals surface area contributed by atoms with E-state index < -0.39 is 0 Å². The average molecular weight is 220 g/mol. The summed E-state index contributed by atoms with van der Waals surface area (Å²) < 4.78 is 0. The Labute approximate surface area is 95.0 Å². The summed E-state index contributed by atoms with van der Waals surface area (Å²) in [6, 6.07) is 2.54. The van der Waals surface area contributed by atoms with Gasteiger partial charge in [0, 0.05) is 11.8 Å². The summed E-state index contributed by atoms with van der Waals surface area (Å²) in [4.78, 5) is 4.29. The van der Waals surface area contributed by atoms with E-state index in [0.29, 0.717) is 0 Å². The number of hydrogen-bond donors (Lipinski definition) is 0. The van der Waals surface area contributed by atoms with Crippen LogP contribution in [0.3, 0.4) is 0 Å². The van der Waals surface area contributed by atoms with Gasteiger partial charge in [-0.05, 0) is 25.2 Å². The maximum absolute atomic E-state index is 9.35. The van der Waals surface area contributed by atoms with Crippen molar-refractivity contribution in [2.45, 2.75) is 39.0 Å². The summed E-state index contributed by atoms with van der Waals surface area (Å²) >= 11 is 1.62. The summed E-state index contributed by atoms with van der Waals surface area (Å²) in [5.74, 6) is 0.753. The number of thiazole rings is 1. The van der Waals surface area contributed by atoms with Gasteiger partial charge < -0.3 is 0 Å². The maximum Gasteiger partial charge on any atom is 0.0794 e. The molecule has 0 aromatic carbocycles. The summed E-state index contributed by atoms with van der Waals surface area (Å²) in [5, 5.41) is 11.4. The lowest BCUT2D eigenvalue weighted by molar-refractivity contribution is 0.378. The molecule has 2 atom stereocenters. The monoisotopic (exact) mass is 220 g/mol. The fourth-order valence-corrected chi connectivity index (χ4v) is 3.12. The standard InChI is InChI=1S/C12H16N2S/c1-2-10-3-4-12(5-10,8-13)6-11-7-15-9-14-11/h7,9-10H,2-6H2,1H3. The topological polar surface area (TPSA) is 36.7 Å². The normalized spacial score (nSPS) is 30.3. The molecule has 0 bridgehead atoms. The van der Waals surface area contributed by atoms with Crippen LogP contribution in [-0.2, 0) is 6.42 Å². The van der Waals surface area contributed by atoms with Crippen molar-refractivity contribution in [2.75, 3.05) is 0 Å². The second kappa shape index (κ2) is 4.32. The molecule has 0 aliphatic heterocycles. The van der Waals surface area contributed by atoms with Crippen LogP contribution in [0.1, 0.15) is 38.3 Å². The molecule has 3 heteroatoms. The molecule has 1 aliphatic carbocycles. The van der Waals surface area contributed by atoms with Gasteiger partial charge in [0.05, 0.1) is 22.7 Å². The third kappa shape index (κ3) is 2.21. The van der Waals surface area contributed by atoms with Crippen molar-refractivity contribution in [1.82, 2.24) is 4.98 Å². The maximum atomic E-state index is 9.35. The lowest BCUT2D eigenvalue weighted by atomic mass is 9.82. The summed E-state index contributed by atoms with van der Waals surface area (Å²) in [6.45, 7) is 2.22. The molecule has 2 rings (SSSR count). The van der Waals surface area contributed by atoms with Crippen molar-refractivity contribution < 1.29 is 0 Å². The largest absolute Gasteiger partial charge is 0.250 e. The molecule has 2 unspecified atom stereocenters. The number of hydrogen-bond acceptors (Lipinski definition) is 3. The Morgan fingerprint density at radius 3 is 3.13 bits per heavy atom. The molecule has 1 fully saturated rings. The molecular formula is C12H16N2S. The van der Waals surface area contributed by atoms with E-state index in [0.717, 1.165) is 30.9 Å². The van der Waals surface area contributed by atoms with E-state index in [9.17, 15) is 5.26 Å². The van der Waals surface area contributed by atoms with Crippen LogP contribution >= 0.6 is 11.3 Å². The molecule has 2 nitrogen and oxygen atoms in total. The molecule has 1 aromatic rings. The molecule has 0 N–H and O–H groups in total. The summed E-state index contributed by atoms with van der Waals surface area (Å²) in [6.07, 6.45) is 5.40. The summed E-state index contributed by atoms with van der Waals surface area (Å²) in [7, 11) is 0. The van der Waals surface area contributed by atoms with E-state index >= 15 is 0 Å². The molecule has 1 heterocycles. The van der Waals surface area contributed by atoms with E-state index in [1.165, 1.54) is 12.8 Å². The van der Waals surface area contributed by atoms with Crippen LogP contribution < -0.4 is 0 Å². The number of nitriles is 1. The Kier molecular flexibility index (Phi) is 3.06. The molecule has 1 aliphatic rings. The fourth-order valence-electron chi connectivity index (χ4n) is 2.56. The third-order valence-corrected chi connectivity index (χ3v) is 4.16. The van der Waals surface area contributed by atoms with E-state index in [2.05, 4.69) is 23.4 Å². The molecule has 0 spiro atoms. The zero-order valence-electron chi connectivity index (χ0n) is 9.07. The quantitative estimate of drug-likeness (QED) is 0.782. The fraction of sp³-hybridized carbons (Fsp3) is 0.667. The molecule has 0 saturated heterocycles. The van der Waals surface area contributed by atoms with Gasteiger partial charge >= 0.3 is 0 Å². The van der Waals surface area contributed by atoms with Gasteiger partial charge in [-0.25, -0.2) is 4.98 Å². The first kappa shape index (κ1) is 10.6. The van der Waals surface area contributed by atoms with Crippen LogP contribution in [0.5, 0.6) is 0 Å². The lowest BCUT2D eigenvalue weighted by Gasteiger charge is -2.19. The smallest absolute Gasteiger partial charge is 0.0794 e. The van der Waals surface area contributed by atoms with Gasteiger partial charge in [-0.2, -0.15) is 5.26 Å². The minimum absolute atomic E-state index is 0.116. The van der Waals surface area contributed by atoms with E-state index in [1.54, 1.807) is 11.3 Å². The van der Waals surface area contributed by atoms with Gasteiger partial charge in [0.2, 0.25) is 0 Å². The zero-order valence-corrected chi connectivity index (χ0v) is 9.89. The Hall–Kier alpha value is -0.880. The van der Waals surface area contributed by atoms with Crippen molar-refractivity contribution in [1.29, 1.82) is 5.26 Å². The summed E-state index contributed by atoms with van der Waals surface area (Å²) in [5.41, 5.74) is 2.83. The van der Waals surface area contributed by atoms with Crippen molar-refractivity contribution in [2.24, 2.45) is 11.3 Å². The van der Waals surface area contributed by atoms with E-state index in [-0.39, 0.29) is 5.41 Å². The van der Waals surface area contributed by atoms with Gasteiger partial charge in [0.1, 0.15) is 0 Å². The highest BCUT2D eigenvalue weighted by Crippen LogP contribution is 2.44. The first-order chi connectivity index (χ1) is 7.28. The van der Waals surface area contributed by atoms with Crippen LogP contribution in [0.4, 0.5) is 0 Å². The van der Waals surface area contributed by atoms with Crippen molar-refractivity contribution in [3.63, 3.8) is 0 Å². The van der Waals surface area contributed by atoms with E-state index in [1.807, 2.05) is 5.51 Å². The first-order valence-corrected chi connectivity index (χ1v) is 6.50. The Balaban J connectivity index is 2.08. The molecule has 0 radical (unpaired) electrons. The van der Waals surface area contributed by atoms with Gasteiger partial charge in [0.25, 0.3) is 0 Å². The van der Waals surface area contributed by atoms with Crippen molar-refractivity contribution >= 4 is 11.3 Å². The third-order valence-electron chi connectivity index (χ3n) is 3.53. The number of aromatic nitrogens is 1. The minimum atomic E-state index is -0.116. The van der Waals surface area contributed by atoms with Crippen LogP contribution in [-0.4, -0.2) is 4.98 Å². The lowest BCUT2D eigenvalue weighted by Crippen LogP contribution is -2.18. The van der Waals surface area contributed by atoms with Gasteiger partial charge in [-0.1, -0.05) is 13.3 Å². The molecule has 0 amide bonds. The highest BCUT2D eigenvalue weighted by molar-refractivity contribution is 7.07. The predicted octanol–water partition coefficient (Wildman–Crippen LogP) is 3.41. The van der Waals surface area contributed by atoms with Gasteiger partial charge in [0.15, 0.2) is 0 Å². The Morgan fingerprint density at radius 2 is 2.60 bits per heavy atom. The number of nitrogens with zero attached hydrogens (tertiary/aromatic N) is 2. The first-order valence-electron chi connectivity index (χ1n) is 5.56. The molecular weight excluding hydrogens is 204 g/mol. The van der Waals surface area contributed by atoms with Crippen LogP contribution in [0, 0.1) is 22.7 Å². The second-order valence-electron chi connectivity index (χ2n) is 4.57. The average Bonchev–Trinajstić information content (AvgIpc) is 2.88. The molecule has 80 valence electrons. The van der Waals surface area contributed by atoms with Crippen LogP contribution in [0.15, 0.2) is 10.9 Å². The predicted molar refractivity (Wildman–Crippen MR) is 61.5 cm³/mol. The van der Waals surface area contributed by atoms with Crippen molar-refractivity contribution in [3.8, 4) is 6.07 Å². The number of rotatable bonds is 3.